The lowest BCUT2D eigenvalue weighted by atomic mass is 10.3. The Hall–Kier alpha value is -0.890. The van der Waals surface area contributed by atoms with Crippen LogP contribution < -0.4 is 5.32 Å². The molecule has 1 rings (SSSR count). The van der Waals surface area contributed by atoms with Gasteiger partial charge in [-0.15, -0.1) is 11.3 Å². The molecule has 0 aliphatic rings. The fourth-order valence-electron chi connectivity index (χ4n) is 1.11. The molecule has 2 N–H and O–H groups in total. The zero-order valence-electron chi connectivity index (χ0n) is 7.99. The Bertz CT molecular complexity index is 303. The minimum Gasteiger partial charge on any atom is -0.396 e. The fourth-order valence-corrected chi connectivity index (χ4v) is 1.88. The number of rotatable bonds is 6. The fraction of sp³-hybridized carbons (Fsp3) is 0.500. The first-order chi connectivity index (χ1) is 6.86. The number of hydrogen-bond donors (Lipinski definition) is 2. The van der Waals surface area contributed by atoms with Crippen molar-refractivity contribution < 1.29 is 5.11 Å². The van der Waals surface area contributed by atoms with Crippen molar-refractivity contribution in [2.45, 2.75) is 19.4 Å². The quantitative estimate of drug-likeness (QED) is 0.699. The number of unbranched alkanes of at least 4 members (excludes halogenated alkanes) is 1. The zero-order chi connectivity index (χ0) is 10.2. The maximum atomic E-state index is 8.60. The van der Waals surface area contributed by atoms with Crippen LogP contribution in [-0.4, -0.2) is 18.3 Å². The summed E-state index contributed by atoms with van der Waals surface area (Å²) >= 11 is 1.60. The van der Waals surface area contributed by atoms with Crippen LogP contribution in [0.3, 0.4) is 0 Å². The van der Waals surface area contributed by atoms with E-state index in [4.69, 9.17) is 10.4 Å². The van der Waals surface area contributed by atoms with Crippen molar-refractivity contribution in [2.24, 2.45) is 0 Å². The van der Waals surface area contributed by atoms with E-state index in [-0.39, 0.29) is 6.61 Å². The maximum Gasteiger partial charge on any atom is 0.100 e. The number of aliphatic hydroxyl groups is 1. The van der Waals surface area contributed by atoms with E-state index in [1.54, 1.807) is 11.3 Å². The van der Waals surface area contributed by atoms with E-state index >= 15 is 0 Å². The van der Waals surface area contributed by atoms with Gasteiger partial charge in [-0.1, -0.05) is 0 Å². The molecule has 3 nitrogen and oxygen atoms in total. The predicted molar refractivity (Wildman–Crippen MR) is 57.1 cm³/mol. The second kappa shape index (κ2) is 6.55. The van der Waals surface area contributed by atoms with Gasteiger partial charge < -0.3 is 10.4 Å². The Morgan fingerprint density at radius 3 is 3.00 bits per heavy atom. The molecule has 0 saturated carbocycles. The molecule has 1 heterocycles. The van der Waals surface area contributed by atoms with Crippen LogP contribution in [-0.2, 0) is 6.54 Å². The molecule has 0 bridgehead atoms. The van der Waals surface area contributed by atoms with Crippen LogP contribution in [0.25, 0.3) is 0 Å². The average Bonchev–Trinajstić information content (AvgIpc) is 2.65. The number of hydrogen-bond acceptors (Lipinski definition) is 4. The Balaban J connectivity index is 2.16. The minimum absolute atomic E-state index is 0.263. The molecule has 0 amide bonds. The van der Waals surface area contributed by atoms with Crippen molar-refractivity contribution in [3.8, 4) is 6.07 Å². The summed E-state index contributed by atoms with van der Waals surface area (Å²) in [4.78, 5) is 1.19. The summed E-state index contributed by atoms with van der Waals surface area (Å²) in [5, 5.41) is 22.3. The van der Waals surface area contributed by atoms with Gasteiger partial charge in [0.2, 0.25) is 0 Å². The van der Waals surface area contributed by atoms with E-state index in [0.29, 0.717) is 0 Å². The number of nitrogens with one attached hydrogen (secondary N) is 1. The first kappa shape index (κ1) is 11.2. The molecule has 0 fully saturated rings. The van der Waals surface area contributed by atoms with Gasteiger partial charge in [0, 0.05) is 23.4 Å². The van der Waals surface area contributed by atoms with Crippen LogP contribution >= 0.6 is 11.3 Å². The van der Waals surface area contributed by atoms with Crippen LogP contribution in [0.4, 0.5) is 0 Å². The summed E-state index contributed by atoms with van der Waals surface area (Å²) in [6.07, 6.45) is 1.84. The molecule has 76 valence electrons. The molecule has 14 heavy (non-hydrogen) atoms. The van der Waals surface area contributed by atoms with Gasteiger partial charge in [0.05, 0.1) is 5.56 Å². The molecule has 4 heteroatoms. The lowest BCUT2D eigenvalue weighted by Crippen LogP contribution is -2.14. The molecule has 0 spiro atoms. The van der Waals surface area contributed by atoms with Gasteiger partial charge in [0.25, 0.3) is 0 Å². The van der Waals surface area contributed by atoms with Gasteiger partial charge in [0.15, 0.2) is 0 Å². The van der Waals surface area contributed by atoms with Gasteiger partial charge in [-0.25, -0.2) is 0 Å². The van der Waals surface area contributed by atoms with E-state index in [1.165, 1.54) is 4.88 Å². The van der Waals surface area contributed by atoms with Crippen molar-refractivity contribution in [3.05, 3.63) is 21.9 Å². The SMILES string of the molecule is N#Cc1csc(CNCCCCO)c1. The minimum atomic E-state index is 0.263. The number of nitriles is 1. The van der Waals surface area contributed by atoms with Crippen LogP contribution in [0, 0.1) is 11.3 Å². The molecule has 0 aromatic carbocycles. The highest BCUT2D eigenvalue weighted by Gasteiger charge is 1.97. The summed E-state index contributed by atoms with van der Waals surface area (Å²) < 4.78 is 0. The van der Waals surface area contributed by atoms with Crippen LogP contribution in [0.1, 0.15) is 23.3 Å². The first-order valence-electron chi connectivity index (χ1n) is 4.66. The van der Waals surface area contributed by atoms with E-state index in [1.807, 2.05) is 11.4 Å². The first-order valence-corrected chi connectivity index (χ1v) is 5.54. The van der Waals surface area contributed by atoms with Crippen LogP contribution in [0.2, 0.25) is 0 Å². The van der Waals surface area contributed by atoms with Gasteiger partial charge in [0.1, 0.15) is 6.07 Å². The molecular weight excluding hydrogens is 196 g/mol. The molecule has 0 radical (unpaired) electrons. The molecule has 1 aromatic heterocycles. The summed E-state index contributed by atoms with van der Waals surface area (Å²) in [7, 11) is 0. The van der Waals surface area contributed by atoms with E-state index in [0.717, 1.165) is 31.5 Å². The normalized spacial score (nSPS) is 10.0. The highest BCUT2D eigenvalue weighted by Crippen LogP contribution is 2.13. The highest BCUT2D eigenvalue weighted by atomic mass is 32.1. The molecule has 0 saturated heterocycles. The summed E-state index contributed by atoms with van der Waals surface area (Å²) in [5.74, 6) is 0. The highest BCUT2D eigenvalue weighted by molar-refractivity contribution is 7.10. The molecule has 1 aromatic rings. The molecule has 0 aliphatic heterocycles. The van der Waals surface area contributed by atoms with Crippen molar-refractivity contribution in [2.75, 3.05) is 13.2 Å². The summed E-state index contributed by atoms with van der Waals surface area (Å²) in [5.41, 5.74) is 0.738. The molecule has 0 unspecified atom stereocenters. The van der Waals surface area contributed by atoms with Crippen LogP contribution in [0.5, 0.6) is 0 Å². The predicted octanol–water partition coefficient (Wildman–Crippen LogP) is 1.48. The number of thiophene rings is 1. The third-order valence-electron chi connectivity index (χ3n) is 1.84. The van der Waals surface area contributed by atoms with Gasteiger partial charge in [-0.2, -0.15) is 5.26 Å². The lowest BCUT2D eigenvalue weighted by molar-refractivity contribution is 0.283. The third kappa shape index (κ3) is 3.88. The van der Waals surface area contributed by atoms with Crippen molar-refractivity contribution in [3.63, 3.8) is 0 Å². The second-order valence-corrected chi connectivity index (χ2v) is 4.02. The van der Waals surface area contributed by atoms with Crippen molar-refractivity contribution >= 4 is 11.3 Å². The lowest BCUT2D eigenvalue weighted by Gasteiger charge is -2.00. The largest absolute Gasteiger partial charge is 0.396 e. The van der Waals surface area contributed by atoms with E-state index in [9.17, 15) is 0 Å². The Labute approximate surface area is 88.0 Å². The van der Waals surface area contributed by atoms with Crippen molar-refractivity contribution in [1.29, 1.82) is 5.26 Å². The van der Waals surface area contributed by atoms with Gasteiger partial charge >= 0.3 is 0 Å². The molecular formula is C10H14N2OS. The summed E-state index contributed by atoms with van der Waals surface area (Å²) in [6.45, 7) is 2.00. The molecule has 0 atom stereocenters. The second-order valence-electron chi connectivity index (χ2n) is 3.02. The van der Waals surface area contributed by atoms with Gasteiger partial charge in [-0.3, -0.25) is 0 Å². The average molecular weight is 210 g/mol. The Morgan fingerprint density at radius 1 is 1.50 bits per heavy atom. The maximum absolute atomic E-state index is 8.60. The summed E-state index contributed by atoms with van der Waals surface area (Å²) in [6, 6.07) is 4.01. The smallest absolute Gasteiger partial charge is 0.100 e. The number of aliphatic hydroxyl groups excluding tert-OH is 1. The standard InChI is InChI=1S/C10H14N2OS/c11-6-9-5-10(14-8-9)7-12-3-1-2-4-13/h5,8,12-13H,1-4,7H2. The monoisotopic (exact) mass is 210 g/mol. The zero-order valence-corrected chi connectivity index (χ0v) is 8.81. The third-order valence-corrected chi connectivity index (χ3v) is 2.78. The van der Waals surface area contributed by atoms with Crippen molar-refractivity contribution in [1.82, 2.24) is 5.32 Å². The Kier molecular flexibility index (Phi) is 5.23. The van der Waals surface area contributed by atoms with E-state index < -0.39 is 0 Å². The van der Waals surface area contributed by atoms with Crippen LogP contribution in [0.15, 0.2) is 11.4 Å². The molecule has 0 aliphatic carbocycles. The topological polar surface area (TPSA) is 56.0 Å². The van der Waals surface area contributed by atoms with E-state index in [2.05, 4.69) is 11.4 Å². The Morgan fingerprint density at radius 2 is 2.36 bits per heavy atom. The number of nitrogens with zero attached hydrogens (tertiary/aromatic N) is 1. The van der Waals surface area contributed by atoms with Gasteiger partial charge in [-0.05, 0) is 25.5 Å².